The van der Waals surface area contributed by atoms with Crippen LogP contribution in [0.15, 0.2) is 127 Å². The minimum Gasteiger partial charge on any atom is -0.489 e. The number of carboxylic acid groups (broad SMARTS) is 1. The van der Waals surface area contributed by atoms with Crippen LogP contribution in [0.4, 0.5) is 22.8 Å². The summed E-state index contributed by atoms with van der Waals surface area (Å²) in [5.41, 5.74) is 4.43. The van der Waals surface area contributed by atoms with Crippen molar-refractivity contribution in [2.24, 2.45) is 0 Å². The number of aliphatic carboxylic acids is 1. The molecular weight excluding hydrogens is 673 g/mol. The van der Waals surface area contributed by atoms with Crippen molar-refractivity contribution in [3.05, 3.63) is 161 Å². The largest absolute Gasteiger partial charge is 0.525 e. The van der Waals surface area contributed by atoms with Gasteiger partial charge in [-0.2, -0.15) is 18.0 Å². The van der Waals surface area contributed by atoms with Gasteiger partial charge in [0.2, 0.25) is 0 Å². The van der Waals surface area contributed by atoms with E-state index in [-0.39, 0.29) is 32.8 Å². The minimum absolute atomic E-state index is 0.000564. The first kappa shape index (κ1) is 35.9. The van der Waals surface area contributed by atoms with Crippen LogP contribution in [0.1, 0.15) is 39.3 Å². The van der Waals surface area contributed by atoms with Gasteiger partial charge in [-0.1, -0.05) is 103 Å². The maximum absolute atomic E-state index is 14.1. The molecule has 1 aliphatic rings. The van der Waals surface area contributed by atoms with Crippen molar-refractivity contribution in [1.29, 1.82) is 0 Å². The Kier molecular flexibility index (Phi) is 10.7. The number of hydrogen-bond acceptors (Lipinski definition) is 5. The van der Waals surface area contributed by atoms with Crippen LogP contribution in [-0.2, 0) is 41.9 Å². The van der Waals surface area contributed by atoms with Gasteiger partial charge in [-0.25, -0.2) is 4.79 Å². The van der Waals surface area contributed by atoms with Gasteiger partial charge in [0.25, 0.3) is 0 Å². The van der Waals surface area contributed by atoms with Gasteiger partial charge in [-0.3, -0.25) is 4.79 Å². The first-order valence-electron chi connectivity index (χ1n) is 16.7. The van der Waals surface area contributed by atoms with E-state index in [2.05, 4.69) is 5.32 Å². The van der Waals surface area contributed by atoms with Crippen LogP contribution >= 0.6 is 0 Å². The van der Waals surface area contributed by atoms with E-state index in [1.807, 2.05) is 66.7 Å². The van der Waals surface area contributed by atoms with Crippen molar-refractivity contribution in [3.63, 3.8) is 0 Å². The molecule has 0 saturated carbocycles. The molecule has 52 heavy (non-hydrogen) atoms. The third kappa shape index (κ3) is 8.33. The number of nitrogens with one attached hydrogen (secondary N) is 1. The molecule has 0 aromatic heterocycles. The number of amides is 3. The number of carbonyl (C=O) groups excluding carboxylic acids is 2. The molecule has 1 aliphatic heterocycles. The molecule has 0 saturated heterocycles. The van der Waals surface area contributed by atoms with Crippen LogP contribution in [0.2, 0.25) is 0 Å². The zero-order valence-corrected chi connectivity index (χ0v) is 28.0. The second kappa shape index (κ2) is 15.5. The minimum atomic E-state index is -4.44. The highest BCUT2D eigenvalue weighted by atomic mass is 19.4. The van der Waals surface area contributed by atoms with Gasteiger partial charge in [-0.15, -0.1) is 4.48 Å². The lowest BCUT2D eigenvalue weighted by Gasteiger charge is -2.35. The van der Waals surface area contributed by atoms with Gasteiger partial charge in [0.05, 0.1) is 11.5 Å². The van der Waals surface area contributed by atoms with E-state index in [1.54, 1.807) is 36.4 Å². The van der Waals surface area contributed by atoms with Crippen molar-refractivity contribution in [2.75, 3.05) is 13.1 Å². The Morgan fingerprint density at radius 1 is 0.750 bits per heavy atom. The number of urea groups is 1. The maximum atomic E-state index is 14.1. The number of fused-ring (bicyclic) bond motifs is 1. The number of nitrogens with zero attached hydrogens (tertiary/aromatic N) is 1. The first-order chi connectivity index (χ1) is 25.0. The SMILES string of the molecule is O=C(O)C(CNC(=O)[N+]1(C(=O)OCc2ccccc2)CCc2ccc(OCc3ccc(C(F)(F)F)cc3)cc2C1)c1ccc(-c2ccccc2)cc1. The molecule has 3 amide bonds. The molecule has 266 valence electrons. The molecule has 0 fully saturated rings. The maximum Gasteiger partial charge on any atom is 0.525 e. The van der Waals surface area contributed by atoms with Crippen molar-refractivity contribution >= 4 is 18.1 Å². The summed E-state index contributed by atoms with van der Waals surface area (Å²) in [6, 6.07) is 35.0. The number of ether oxygens (including phenoxy) is 2. The van der Waals surface area contributed by atoms with Crippen molar-refractivity contribution < 1.29 is 46.6 Å². The van der Waals surface area contributed by atoms with E-state index in [9.17, 15) is 32.7 Å². The number of carboxylic acids is 1. The van der Waals surface area contributed by atoms with E-state index in [1.165, 1.54) is 12.1 Å². The summed E-state index contributed by atoms with van der Waals surface area (Å²) in [6.07, 6.45) is -4.90. The Morgan fingerprint density at radius 2 is 1.38 bits per heavy atom. The second-order valence-electron chi connectivity index (χ2n) is 12.6. The predicted molar refractivity (Wildman–Crippen MR) is 187 cm³/mol. The fourth-order valence-corrected chi connectivity index (χ4v) is 6.20. The number of alkyl halides is 3. The van der Waals surface area contributed by atoms with E-state index in [0.717, 1.165) is 34.4 Å². The van der Waals surface area contributed by atoms with Gasteiger partial charge in [-0.05, 0) is 57.6 Å². The Labute approximate surface area is 298 Å². The number of benzene rings is 5. The highest BCUT2D eigenvalue weighted by Crippen LogP contribution is 2.32. The zero-order chi connectivity index (χ0) is 36.7. The normalized spacial score (nSPS) is 15.9. The molecule has 0 spiro atoms. The van der Waals surface area contributed by atoms with Gasteiger partial charge < -0.3 is 19.9 Å². The molecule has 5 aromatic carbocycles. The van der Waals surface area contributed by atoms with Gasteiger partial charge in [0, 0.05) is 18.5 Å². The molecule has 11 heteroatoms. The average molecular weight is 710 g/mol. The lowest BCUT2D eigenvalue weighted by atomic mass is 9.96. The van der Waals surface area contributed by atoms with Gasteiger partial charge in [0.1, 0.15) is 32.1 Å². The lowest BCUT2D eigenvalue weighted by molar-refractivity contribution is -0.794. The second-order valence-corrected chi connectivity index (χ2v) is 12.6. The molecule has 0 bridgehead atoms. The Balaban J connectivity index is 1.20. The summed E-state index contributed by atoms with van der Waals surface area (Å²) < 4.78 is 49.8. The van der Waals surface area contributed by atoms with Crippen LogP contribution in [-0.4, -0.2) is 40.8 Å². The van der Waals surface area contributed by atoms with Crippen molar-refractivity contribution in [3.8, 4) is 16.9 Å². The molecule has 2 atom stereocenters. The highest BCUT2D eigenvalue weighted by Gasteiger charge is 2.49. The van der Waals surface area contributed by atoms with Crippen LogP contribution < -0.4 is 10.1 Å². The highest BCUT2D eigenvalue weighted by molar-refractivity contribution is 5.82. The summed E-state index contributed by atoms with van der Waals surface area (Å²) in [4.78, 5) is 40.5. The first-order valence-corrected chi connectivity index (χ1v) is 16.7. The fraction of sp³-hybridized carbons (Fsp3) is 0.195. The topological polar surface area (TPSA) is 102 Å². The number of carbonyl (C=O) groups is 3. The summed E-state index contributed by atoms with van der Waals surface area (Å²) in [5, 5.41) is 12.9. The number of hydrogen-bond donors (Lipinski definition) is 2. The number of halogens is 3. The van der Waals surface area contributed by atoms with E-state index in [0.29, 0.717) is 28.9 Å². The molecular formula is C41H36F3N2O6+. The van der Waals surface area contributed by atoms with Crippen LogP contribution in [0.3, 0.4) is 0 Å². The summed E-state index contributed by atoms with van der Waals surface area (Å²) in [5.74, 6) is -1.82. The molecule has 2 N–H and O–H groups in total. The standard InChI is InChI=1S/C41H35F3N2O6/c42-41(43,44)35-18-11-29(12-19-35)26-51-36-20-17-32-21-22-46(25-34(32)23-36,40(50)52-27-28-7-3-1-4-8-28)39(49)45-24-37(38(47)48)33-15-13-31(14-16-33)30-9-5-2-6-10-30/h1-20,23,37H,21-22,24-27H2,(H-,45,47,48,49)/p+1. The van der Waals surface area contributed by atoms with Crippen LogP contribution in [0.5, 0.6) is 5.75 Å². The van der Waals surface area contributed by atoms with E-state index in [4.69, 9.17) is 9.47 Å². The third-order valence-electron chi connectivity index (χ3n) is 9.19. The number of quaternary nitrogens is 1. The summed E-state index contributed by atoms with van der Waals surface area (Å²) in [6.45, 7) is -0.355. The fourth-order valence-electron chi connectivity index (χ4n) is 6.20. The Hall–Kier alpha value is -5.94. The predicted octanol–water partition coefficient (Wildman–Crippen LogP) is 8.74. The molecule has 6 rings (SSSR count). The smallest absolute Gasteiger partial charge is 0.489 e. The summed E-state index contributed by atoms with van der Waals surface area (Å²) in [7, 11) is 0. The molecule has 5 aromatic rings. The van der Waals surface area contributed by atoms with Crippen molar-refractivity contribution in [1.82, 2.24) is 5.32 Å². The quantitative estimate of drug-likeness (QED) is 0.141. The van der Waals surface area contributed by atoms with Gasteiger partial charge in [0.15, 0.2) is 0 Å². The van der Waals surface area contributed by atoms with Gasteiger partial charge >= 0.3 is 24.3 Å². The Morgan fingerprint density at radius 3 is 2.04 bits per heavy atom. The molecule has 8 nitrogen and oxygen atoms in total. The zero-order valence-electron chi connectivity index (χ0n) is 28.0. The molecule has 1 heterocycles. The molecule has 0 aliphatic carbocycles. The third-order valence-corrected chi connectivity index (χ3v) is 9.19. The monoisotopic (exact) mass is 709 g/mol. The number of imide groups is 1. The number of rotatable bonds is 10. The summed E-state index contributed by atoms with van der Waals surface area (Å²) >= 11 is 0. The van der Waals surface area contributed by atoms with E-state index < -0.39 is 40.2 Å². The average Bonchev–Trinajstić information content (AvgIpc) is 3.16. The molecule has 0 radical (unpaired) electrons. The Bertz CT molecular complexity index is 2020. The molecule has 2 unspecified atom stereocenters. The van der Waals surface area contributed by atoms with Crippen LogP contribution in [0.25, 0.3) is 11.1 Å². The lowest BCUT2D eigenvalue weighted by Crippen LogP contribution is -2.63. The van der Waals surface area contributed by atoms with Crippen LogP contribution in [0, 0.1) is 0 Å². The van der Waals surface area contributed by atoms with E-state index >= 15 is 0 Å². The van der Waals surface area contributed by atoms with Crippen molar-refractivity contribution in [2.45, 2.75) is 38.3 Å².